The highest BCUT2D eigenvalue weighted by Crippen LogP contribution is 2.20. The summed E-state index contributed by atoms with van der Waals surface area (Å²) in [5, 5.41) is 23.2. The predicted octanol–water partition coefficient (Wildman–Crippen LogP) is 25.7. The van der Waals surface area contributed by atoms with E-state index in [-0.39, 0.29) is 18.5 Å². The Morgan fingerprint density at radius 2 is 0.553 bits per heavy atom. The Morgan fingerprint density at radius 1 is 0.318 bits per heavy atom. The van der Waals surface area contributed by atoms with Crippen LogP contribution in [-0.2, 0) is 14.3 Å². The topological polar surface area (TPSA) is 95.9 Å². The largest absolute Gasteiger partial charge is 0.466 e. The molecule has 0 heterocycles. The number of aliphatic hydroxyl groups is 2. The number of nitrogens with one attached hydrogen (secondary N) is 1. The molecule has 0 aliphatic heterocycles. The molecule has 0 aromatic heterocycles. The Kier molecular flexibility index (Phi) is 73.3. The van der Waals surface area contributed by atoms with Crippen molar-refractivity contribution in [2.45, 2.75) is 456 Å². The van der Waals surface area contributed by atoms with E-state index >= 15 is 0 Å². The molecule has 0 aromatic rings. The molecule has 6 nitrogen and oxygen atoms in total. The smallest absolute Gasteiger partial charge is 0.305 e. The van der Waals surface area contributed by atoms with E-state index in [1.54, 1.807) is 6.08 Å². The van der Waals surface area contributed by atoms with Gasteiger partial charge in [-0.05, 0) is 57.8 Å². The van der Waals surface area contributed by atoms with Gasteiger partial charge in [-0.25, -0.2) is 0 Å². The third-order valence-electron chi connectivity index (χ3n) is 18.5. The van der Waals surface area contributed by atoms with Gasteiger partial charge in [0.05, 0.1) is 25.4 Å². The van der Waals surface area contributed by atoms with Crippen molar-refractivity contribution >= 4 is 11.9 Å². The van der Waals surface area contributed by atoms with Crippen LogP contribution in [0.15, 0.2) is 24.3 Å². The SMILES string of the molecule is CCCCCCCCCCCCCCCCC/C=C/C(O)C(CO)NC(=O)CCCCCCCCCCCCCCCCCCC/C=C\CCCCCCCCCCCCCCCCCCCCOC(=O)CCCCCCCCCCCCCC. The lowest BCUT2D eigenvalue weighted by atomic mass is 10.0. The molecule has 2 atom stereocenters. The molecule has 504 valence electrons. The van der Waals surface area contributed by atoms with Crippen molar-refractivity contribution in [1.82, 2.24) is 5.32 Å². The van der Waals surface area contributed by atoms with Crippen LogP contribution in [0, 0.1) is 0 Å². The monoisotopic (exact) mass is 1200 g/mol. The highest BCUT2D eigenvalue weighted by Gasteiger charge is 2.18. The molecule has 0 saturated heterocycles. The summed E-state index contributed by atoms with van der Waals surface area (Å²) >= 11 is 0. The zero-order valence-corrected chi connectivity index (χ0v) is 57.9. The number of hydrogen-bond acceptors (Lipinski definition) is 5. The second kappa shape index (κ2) is 74.8. The van der Waals surface area contributed by atoms with Crippen LogP contribution in [0.2, 0.25) is 0 Å². The number of aliphatic hydroxyl groups excluding tert-OH is 2. The maximum absolute atomic E-state index is 12.5. The maximum atomic E-state index is 12.5. The van der Waals surface area contributed by atoms with Crippen molar-refractivity contribution in [3.63, 3.8) is 0 Å². The minimum atomic E-state index is -0.841. The van der Waals surface area contributed by atoms with E-state index in [1.807, 2.05) is 6.08 Å². The number of esters is 1. The Morgan fingerprint density at radius 3 is 0.835 bits per heavy atom. The normalized spacial score (nSPS) is 12.6. The molecule has 0 spiro atoms. The Labute approximate surface area is 532 Å². The summed E-state index contributed by atoms with van der Waals surface area (Å²) in [5.74, 6) is -0.0362. The van der Waals surface area contributed by atoms with Gasteiger partial charge in [0.1, 0.15) is 0 Å². The van der Waals surface area contributed by atoms with Crippen LogP contribution in [0.1, 0.15) is 444 Å². The van der Waals surface area contributed by atoms with Crippen LogP contribution >= 0.6 is 0 Å². The van der Waals surface area contributed by atoms with Crippen molar-refractivity contribution in [1.29, 1.82) is 0 Å². The molecule has 1 amide bonds. The van der Waals surface area contributed by atoms with Gasteiger partial charge in [-0.2, -0.15) is 0 Å². The molecule has 2 unspecified atom stereocenters. The van der Waals surface area contributed by atoms with Crippen molar-refractivity contribution in [2.24, 2.45) is 0 Å². The number of carbonyl (C=O) groups excluding carboxylic acids is 2. The van der Waals surface area contributed by atoms with Gasteiger partial charge >= 0.3 is 5.97 Å². The quantitative estimate of drug-likeness (QED) is 0.0320. The summed E-state index contributed by atoms with van der Waals surface area (Å²) in [6.07, 6.45) is 95.9. The van der Waals surface area contributed by atoms with E-state index in [2.05, 4.69) is 31.3 Å². The molecule has 0 rings (SSSR count). The maximum Gasteiger partial charge on any atom is 0.305 e. The first kappa shape index (κ1) is 83.3. The third kappa shape index (κ3) is 71.3. The molecule has 0 aliphatic carbocycles. The van der Waals surface area contributed by atoms with Crippen molar-refractivity contribution in [3.8, 4) is 0 Å². The van der Waals surface area contributed by atoms with E-state index in [0.29, 0.717) is 19.4 Å². The Bertz CT molecular complexity index is 1330. The van der Waals surface area contributed by atoms with E-state index in [9.17, 15) is 19.8 Å². The number of unbranched alkanes of at least 4 members (excludes halogenated alkanes) is 61. The second-order valence-corrected chi connectivity index (χ2v) is 27.0. The van der Waals surface area contributed by atoms with Gasteiger partial charge in [0, 0.05) is 12.8 Å². The molecule has 0 aromatic carbocycles. The molecule has 85 heavy (non-hydrogen) atoms. The standard InChI is InChI=1S/C79H153NO5/c1-3-5-7-9-11-13-15-17-18-42-45-48-51-55-59-63-67-71-77(82)76(75-81)80-78(83)72-68-64-60-56-52-49-46-43-40-38-36-34-32-30-28-26-24-22-20-19-21-23-25-27-29-31-33-35-37-39-41-44-47-50-54-58-62-66-70-74-85-79(84)73-69-65-61-57-53-16-14-12-10-8-6-4-2/h19-20,67,71,76-77,81-82H,3-18,21-66,68-70,72-75H2,1-2H3,(H,80,83)/b20-19-,71-67+. The zero-order valence-electron chi connectivity index (χ0n) is 57.9. The van der Waals surface area contributed by atoms with Crippen LogP contribution < -0.4 is 5.32 Å². The lowest BCUT2D eigenvalue weighted by molar-refractivity contribution is -0.143. The second-order valence-electron chi connectivity index (χ2n) is 27.0. The first-order valence-corrected chi connectivity index (χ1v) is 39.1. The van der Waals surface area contributed by atoms with E-state index in [4.69, 9.17) is 4.74 Å². The minimum absolute atomic E-state index is 0.0237. The van der Waals surface area contributed by atoms with Crippen LogP contribution in [0.5, 0.6) is 0 Å². The minimum Gasteiger partial charge on any atom is -0.466 e. The van der Waals surface area contributed by atoms with Gasteiger partial charge in [-0.15, -0.1) is 0 Å². The van der Waals surface area contributed by atoms with E-state index in [0.717, 1.165) is 38.5 Å². The van der Waals surface area contributed by atoms with Crippen LogP contribution in [0.25, 0.3) is 0 Å². The van der Waals surface area contributed by atoms with Gasteiger partial charge in [-0.1, -0.05) is 398 Å². The van der Waals surface area contributed by atoms with Crippen LogP contribution in [0.3, 0.4) is 0 Å². The molecule has 0 radical (unpaired) electrons. The number of carbonyl (C=O) groups is 2. The molecular formula is C79H153NO5. The average Bonchev–Trinajstić information content (AvgIpc) is 3.53. The highest BCUT2D eigenvalue weighted by molar-refractivity contribution is 5.76. The van der Waals surface area contributed by atoms with Crippen LogP contribution in [0.4, 0.5) is 0 Å². The fraction of sp³-hybridized carbons (Fsp3) is 0.924. The first-order chi connectivity index (χ1) is 42.0. The lowest BCUT2D eigenvalue weighted by Gasteiger charge is -2.20. The van der Waals surface area contributed by atoms with Gasteiger partial charge in [0.15, 0.2) is 0 Å². The van der Waals surface area contributed by atoms with E-state index in [1.165, 1.54) is 379 Å². The summed E-state index contributed by atoms with van der Waals surface area (Å²) in [6, 6.07) is -0.624. The van der Waals surface area contributed by atoms with Crippen molar-refractivity contribution in [2.75, 3.05) is 13.2 Å². The molecule has 0 fully saturated rings. The number of ether oxygens (including phenoxy) is 1. The Balaban J connectivity index is 3.33. The molecular weight excluding hydrogens is 1040 g/mol. The number of hydrogen-bond donors (Lipinski definition) is 3. The molecule has 0 saturated carbocycles. The Hall–Kier alpha value is -1.66. The van der Waals surface area contributed by atoms with E-state index < -0.39 is 12.1 Å². The summed E-state index contributed by atoms with van der Waals surface area (Å²) in [7, 11) is 0. The molecule has 0 bridgehead atoms. The highest BCUT2D eigenvalue weighted by atomic mass is 16.5. The average molecular weight is 1200 g/mol. The van der Waals surface area contributed by atoms with Gasteiger partial charge in [0.25, 0.3) is 0 Å². The van der Waals surface area contributed by atoms with Gasteiger partial charge < -0.3 is 20.3 Å². The first-order valence-electron chi connectivity index (χ1n) is 39.1. The van der Waals surface area contributed by atoms with Crippen molar-refractivity contribution < 1.29 is 24.5 Å². The summed E-state index contributed by atoms with van der Waals surface area (Å²) < 4.78 is 5.49. The van der Waals surface area contributed by atoms with Gasteiger partial charge in [0.2, 0.25) is 5.91 Å². The summed E-state index contributed by atoms with van der Waals surface area (Å²) in [4.78, 5) is 24.6. The lowest BCUT2D eigenvalue weighted by Crippen LogP contribution is -2.45. The number of amides is 1. The van der Waals surface area contributed by atoms with Crippen molar-refractivity contribution in [3.05, 3.63) is 24.3 Å². The number of allylic oxidation sites excluding steroid dienone is 3. The third-order valence-corrected chi connectivity index (χ3v) is 18.5. The zero-order chi connectivity index (χ0) is 61.3. The molecule has 0 aliphatic rings. The summed E-state index contributed by atoms with van der Waals surface area (Å²) in [5.41, 5.74) is 0. The summed E-state index contributed by atoms with van der Waals surface area (Å²) in [6.45, 7) is 4.95. The molecule has 6 heteroatoms. The molecule has 3 N–H and O–H groups in total. The fourth-order valence-corrected chi connectivity index (χ4v) is 12.5. The van der Waals surface area contributed by atoms with Gasteiger partial charge in [-0.3, -0.25) is 9.59 Å². The van der Waals surface area contributed by atoms with Crippen LogP contribution in [-0.4, -0.2) is 47.4 Å². The number of rotatable bonds is 74. The fourth-order valence-electron chi connectivity index (χ4n) is 12.5. The predicted molar refractivity (Wildman–Crippen MR) is 375 cm³/mol.